The first-order chi connectivity index (χ1) is 12.7. The molecule has 0 spiro atoms. The molecule has 0 bridgehead atoms. The summed E-state index contributed by atoms with van der Waals surface area (Å²) < 4.78 is 26.7. The third kappa shape index (κ3) is 4.69. The molecule has 8 heteroatoms. The predicted molar refractivity (Wildman–Crippen MR) is 109 cm³/mol. The van der Waals surface area contributed by atoms with Gasteiger partial charge in [0.2, 0.25) is 10.0 Å². The first-order valence-corrected chi connectivity index (χ1v) is 11.2. The topological polar surface area (TPSA) is 86.7 Å². The first kappa shape index (κ1) is 21.4. The van der Waals surface area contributed by atoms with Crippen molar-refractivity contribution in [1.82, 2.24) is 4.31 Å². The number of sulfonamides is 1. The van der Waals surface area contributed by atoms with Gasteiger partial charge in [-0.15, -0.1) is 11.3 Å². The van der Waals surface area contributed by atoms with Crippen LogP contribution in [0.4, 0.5) is 5.69 Å². The Hall–Kier alpha value is -1.90. The number of aryl methyl sites for hydroxylation is 2. The van der Waals surface area contributed by atoms with E-state index in [1.807, 2.05) is 13.0 Å². The maximum atomic E-state index is 12.7. The number of nitrogens with one attached hydrogen (secondary N) is 1. The lowest BCUT2D eigenvalue weighted by molar-refractivity contribution is 0.103. The monoisotopic (exact) mass is 410 g/mol. The second-order valence-electron chi connectivity index (χ2n) is 6.16. The number of amides is 1. The minimum absolute atomic E-state index is 0.0355. The molecule has 0 aliphatic carbocycles. The molecular weight excluding hydrogens is 384 g/mol. The van der Waals surface area contributed by atoms with Crippen LogP contribution in [0.1, 0.15) is 47.3 Å². The Labute approximate surface area is 164 Å². The van der Waals surface area contributed by atoms with E-state index >= 15 is 0 Å². The van der Waals surface area contributed by atoms with Gasteiger partial charge in [0.25, 0.3) is 5.91 Å². The Morgan fingerprint density at radius 3 is 2.44 bits per heavy atom. The zero-order valence-corrected chi connectivity index (χ0v) is 17.7. The largest absolute Gasteiger partial charge is 0.506 e. The number of nitrogens with zero attached hydrogens (tertiary/aromatic N) is 1. The number of hydrogen-bond donors (Lipinski definition) is 2. The van der Waals surface area contributed by atoms with E-state index in [9.17, 15) is 18.3 Å². The van der Waals surface area contributed by atoms with Gasteiger partial charge in [-0.05, 0) is 43.2 Å². The van der Waals surface area contributed by atoms with Crippen LogP contribution in [-0.2, 0) is 16.4 Å². The lowest BCUT2D eigenvalue weighted by Gasteiger charge is -2.19. The van der Waals surface area contributed by atoms with Crippen molar-refractivity contribution >= 4 is 33.0 Å². The Bertz CT molecular complexity index is 916. The molecule has 1 aromatic heterocycles. The fraction of sp³-hybridized carbons (Fsp3) is 0.421. The van der Waals surface area contributed by atoms with Gasteiger partial charge < -0.3 is 10.4 Å². The molecule has 2 rings (SSSR count). The highest BCUT2D eigenvalue weighted by molar-refractivity contribution is 7.89. The average molecular weight is 411 g/mol. The number of hydrogen-bond acceptors (Lipinski definition) is 5. The van der Waals surface area contributed by atoms with Gasteiger partial charge >= 0.3 is 0 Å². The molecule has 148 valence electrons. The van der Waals surface area contributed by atoms with Crippen molar-refractivity contribution in [1.29, 1.82) is 0 Å². The third-order valence-electron chi connectivity index (χ3n) is 4.32. The lowest BCUT2D eigenvalue weighted by Crippen LogP contribution is -2.30. The normalized spacial score (nSPS) is 11.7. The molecule has 2 N–H and O–H groups in total. The molecule has 0 aliphatic rings. The third-order valence-corrected chi connectivity index (χ3v) is 7.46. The van der Waals surface area contributed by atoms with E-state index in [4.69, 9.17) is 0 Å². The van der Waals surface area contributed by atoms with E-state index < -0.39 is 10.0 Å². The summed E-state index contributed by atoms with van der Waals surface area (Å²) in [6, 6.07) is 5.78. The summed E-state index contributed by atoms with van der Waals surface area (Å²) in [4.78, 5) is 14.2. The van der Waals surface area contributed by atoms with Gasteiger partial charge in [0, 0.05) is 18.0 Å². The van der Waals surface area contributed by atoms with Crippen LogP contribution in [0.2, 0.25) is 0 Å². The van der Waals surface area contributed by atoms with Crippen LogP contribution >= 0.6 is 11.3 Å². The molecule has 0 saturated heterocycles. The number of phenolic OH excluding ortho intramolecular Hbond substituents is 1. The average Bonchev–Trinajstić information content (AvgIpc) is 2.99. The molecule has 0 radical (unpaired) electrons. The van der Waals surface area contributed by atoms with Crippen molar-refractivity contribution in [3.63, 3.8) is 0 Å². The predicted octanol–water partition coefficient (Wildman–Crippen LogP) is 4.00. The van der Waals surface area contributed by atoms with E-state index in [-0.39, 0.29) is 22.2 Å². The molecule has 2 aromatic rings. The van der Waals surface area contributed by atoms with Crippen LogP contribution in [0.25, 0.3) is 0 Å². The molecule has 1 aromatic carbocycles. The highest BCUT2D eigenvalue weighted by atomic mass is 32.2. The Balaban J connectivity index is 2.31. The van der Waals surface area contributed by atoms with E-state index in [1.165, 1.54) is 33.8 Å². The van der Waals surface area contributed by atoms with Crippen molar-refractivity contribution in [3.8, 4) is 5.75 Å². The van der Waals surface area contributed by atoms with E-state index in [0.717, 1.165) is 23.3 Å². The molecule has 27 heavy (non-hydrogen) atoms. The summed E-state index contributed by atoms with van der Waals surface area (Å²) in [5.41, 5.74) is 1.21. The second-order valence-corrected chi connectivity index (χ2v) is 9.36. The zero-order chi connectivity index (χ0) is 20.2. The van der Waals surface area contributed by atoms with Crippen LogP contribution in [0.3, 0.4) is 0 Å². The highest BCUT2D eigenvalue weighted by Gasteiger charge is 2.23. The summed E-state index contributed by atoms with van der Waals surface area (Å²) in [7, 11) is -3.68. The SMILES string of the molecule is CCCc1cc(C(=O)Nc2cc(S(=O)(=O)N(CC)CC)ccc2O)sc1C. The molecule has 1 heterocycles. The van der Waals surface area contributed by atoms with Gasteiger partial charge in [-0.25, -0.2) is 8.42 Å². The number of anilines is 1. The van der Waals surface area contributed by atoms with Crippen LogP contribution in [0.5, 0.6) is 5.75 Å². The van der Waals surface area contributed by atoms with Gasteiger partial charge in [0.05, 0.1) is 15.5 Å². The highest BCUT2D eigenvalue weighted by Crippen LogP contribution is 2.30. The minimum Gasteiger partial charge on any atom is -0.506 e. The number of phenols is 1. The molecule has 0 unspecified atom stereocenters. The number of thiophene rings is 1. The number of benzene rings is 1. The smallest absolute Gasteiger partial charge is 0.265 e. The molecule has 0 saturated carbocycles. The maximum absolute atomic E-state index is 12.7. The Morgan fingerprint density at radius 1 is 1.19 bits per heavy atom. The number of carbonyl (C=O) groups excluding carboxylic acids is 1. The van der Waals surface area contributed by atoms with E-state index in [1.54, 1.807) is 13.8 Å². The van der Waals surface area contributed by atoms with Crippen molar-refractivity contribution in [2.75, 3.05) is 18.4 Å². The summed E-state index contributed by atoms with van der Waals surface area (Å²) >= 11 is 1.39. The lowest BCUT2D eigenvalue weighted by atomic mass is 10.1. The van der Waals surface area contributed by atoms with Gasteiger partial charge in [-0.1, -0.05) is 27.2 Å². The molecule has 1 amide bonds. The fourth-order valence-electron chi connectivity index (χ4n) is 2.82. The Morgan fingerprint density at radius 2 is 1.85 bits per heavy atom. The molecule has 6 nitrogen and oxygen atoms in total. The standard InChI is InChI=1S/C19H26N2O4S2/c1-5-8-14-11-18(26-13(14)4)19(23)20-16-12-15(9-10-17(16)22)27(24,25)21(6-2)7-3/h9-12,22H,5-8H2,1-4H3,(H,20,23). The van der Waals surface area contributed by atoms with Crippen LogP contribution in [-0.4, -0.2) is 36.8 Å². The summed E-state index contributed by atoms with van der Waals surface area (Å²) in [6.07, 6.45) is 1.89. The van der Waals surface area contributed by atoms with Gasteiger partial charge in [-0.2, -0.15) is 4.31 Å². The van der Waals surface area contributed by atoms with E-state index in [0.29, 0.717) is 18.0 Å². The molecule has 0 atom stereocenters. The van der Waals surface area contributed by atoms with Crippen LogP contribution in [0.15, 0.2) is 29.2 Å². The quantitative estimate of drug-likeness (QED) is 0.644. The number of rotatable bonds is 8. The molecule has 0 aliphatic heterocycles. The van der Waals surface area contributed by atoms with Gasteiger partial charge in [0.1, 0.15) is 5.75 Å². The summed E-state index contributed by atoms with van der Waals surface area (Å²) in [5.74, 6) is -0.540. The second kappa shape index (κ2) is 8.86. The number of aromatic hydroxyl groups is 1. The zero-order valence-electron chi connectivity index (χ0n) is 16.1. The van der Waals surface area contributed by atoms with Crippen LogP contribution in [0, 0.1) is 6.92 Å². The summed E-state index contributed by atoms with van der Waals surface area (Å²) in [6.45, 7) is 8.26. The van der Waals surface area contributed by atoms with E-state index in [2.05, 4.69) is 12.2 Å². The summed E-state index contributed by atoms with van der Waals surface area (Å²) in [5, 5.41) is 12.7. The number of carbonyl (C=O) groups is 1. The van der Waals surface area contributed by atoms with Gasteiger partial charge in [0.15, 0.2) is 0 Å². The van der Waals surface area contributed by atoms with Crippen molar-refractivity contribution in [3.05, 3.63) is 39.6 Å². The fourth-order valence-corrected chi connectivity index (χ4v) is 5.27. The van der Waals surface area contributed by atoms with Crippen molar-refractivity contribution in [2.24, 2.45) is 0 Å². The Kier molecular flexibility index (Phi) is 7.02. The van der Waals surface area contributed by atoms with Crippen LogP contribution < -0.4 is 5.32 Å². The van der Waals surface area contributed by atoms with Crippen molar-refractivity contribution < 1.29 is 18.3 Å². The first-order valence-electron chi connectivity index (χ1n) is 8.98. The van der Waals surface area contributed by atoms with Gasteiger partial charge in [-0.3, -0.25) is 4.79 Å². The minimum atomic E-state index is -3.68. The molecule has 0 fully saturated rings. The molecular formula is C19H26N2O4S2. The maximum Gasteiger partial charge on any atom is 0.265 e. The van der Waals surface area contributed by atoms with Crippen molar-refractivity contribution in [2.45, 2.75) is 45.4 Å².